The minimum atomic E-state index is -0.999. The minimum absolute atomic E-state index is 0.102. The Bertz CT molecular complexity index is 690. The second-order valence-electron chi connectivity index (χ2n) is 5.79. The van der Waals surface area contributed by atoms with E-state index in [1.165, 1.54) is 18.4 Å². The van der Waals surface area contributed by atoms with Crippen LogP contribution in [0.3, 0.4) is 0 Å². The second kappa shape index (κ2) is 6.22. The molecule has 2 heterocycles. The van der Waals surface area contributed by atoms with Gasteiger partial charge in [0.15, 0.2) is 0 Å². The molecule has 1 aromatic carbocycles. The van der Waals surface area contributed by atoms with Gasteiger partial charge in [-0.05, 0) is 56.6 Å². The molecule has 1 aliphatic rings. The van der Waals surface area contributed by atoms with Crippen molar-refractivity contribution in [3.05, 3.63) is 40.0 Å². The molecule has 0 unspecified atom stereocenters. The number of aromatic nitrogens is 2. The van der Waals surface area contributed by atoms with Gasteiger partial charge in [0.2, 0.25) is 0 Å². The van der Waals surface area contributed by atoms with Gasteiger partial charge < -0.3 is 10.0 Å². The normalized spacial score (nSPS) is 16.8. The molecule has 2 N–H and O–H groups in total. The highest BCUT2D eigenvalue weighted by atomic mass is 79.9. The van der Waals surface area contributed by atoms with E-state index >= 15 is 0 Å². The predicted molar refractivity (Wildman–Crippen MR) is 88.2 cm³/mol. The number of hydrogen-bond donors (Lipinski definition) is 2. The molecule has 0 atom stereocenters. The number of H-pyrrole nitrogens is 1. The summed E-state index contributed by atoms with van der Waals surface area (Å²) in [6.45, 7) is 2.25. The number of carbonyl (C=O) groups is 1. The summed E-state index contributed by atoms with van der Waals surface area (Å²) in [5, 5.41) is 15.6. The molecule has 0 aliphatic carbocycles. The quantitative estimate of drug-likeness (QED) is 0.877. The van der Waals surface area contributed by atoms with E-state index < -0.39 is 5.97 Å². The molecule has 2 aromatic rings. The van der Waals surface area contributed by atoms with E-state index in [-0.39, 0.29) is 5.69 Å². The van der Waals surface area contributed by atoms with Gasteiger partial charge in [0.1, 0.15) is 5.69 Å². The number of aromatic carboxylic acids is 1. The van der Waals surface area contributed by atoms with Crippen molar-refractivity contribution in [1.82, 2.24) is 15.1 Å². The summed E-state index contributed by atoms with van der Waals surface area (Å²) < 4.78 is 1.07. The summed E-state index contributed by atoms with van der Waals surface area (Å²) in [6.07, 6.45) is 2.33. The van der Waals surface area contributed by atoms with Crippen molar-refractivity contribution in [2.75, 3.05) is 20.1 Å². The number of benzene rings is 1. The lowest BCUT2D eigenvalue weighted by atomic mass is 9.89. The highest BCUT2D eigenvalue weighted by molar-refractivity contribution is 9.10. The Morgan fingerprint density at radius 3 is 2.68 bits per heavy atom. The number of carboxylic acids is 1. The van der Waals surface area contributed by atoms with Crippen LogP contribution in [0.25, 0.3) is 11.3 Å². The standard InChI is InChI=1S/C16H18BrN3O2/c1-20-6-4-10(5-7-20)12-3-2-11(8-13(12)17)14-9-15(16(21)22)19-18-14/h2-3,8-10H,4-7H2,1H3,(H,18,19)(H,21,22). The molecule has 6 heteroatoms. The molecular weight excluding hydrogens is 346 g/mol. The fourth-order valence-electron chi connectivity index (χ4n) is 2.92. The fraction of sp³-hybridized carbons (Fsp3) is 0.375. The van der Waals surface area contributed by atoms with Gasteiger partial charge in [0.05, 0.1) is 5.69 Å². The van der Waals surface area contributed by atoms with E-state index in [1.807, 2.05) is 12.1 Å². The molecule has 5 nitrogen and oxygen atoms in total. The zero-order valence-electron chi connectivity index (χ0n) is 12.3. The van der Waals surface area contributed by atoms with Crippen molar-refractivity contribution in [2.24, 2.45) is 0 Å². The molecule has 0 radical (unpaired) electrons. The average molecular weight is 364 g/mol. The second-order valence-corrected chi connectivity index (χ2v) is 6.64. The lowest BCUT2D eigenvalue weighted by molar-refractivity contribution is 0.0690. The molecule has 0 bridgehead atoms. The molecule has 1 aromatic heterocycles. The number of likely N-dealkylation sites (tertiary alicyclic amines) is 1. The van der Waals surface area contributed by atoms with Gasteiger partial charge in [-0.25, -0.2) is 4.79 Å². The lowest BCUT2D eigenvalue weighted by Crippen LogP contribution is -2.29. The number of carboxylic acid groups (broad SMARTS) is 1. The fourth-order valence-corrected chi connectivity index (χ4v) is 3.62. The van der Waals surface area contributed by atoms with Gasteiger partial charge in [-0.2, -0.15) is 5.10 Å². The van der Waals surface area contributed by atoms with Crippen LogP contribution in [0.15, 0.2) is 28.7 Å². The number of halogens is 1. The number of nitrogens with one attached hydrogen (secondary N) is 1. The molecule has 22 heavy (non-hydrogen) atoms. The van der Waals surface area contributed by atoms with Crippen molar-refractivity contribution in [3.63, 3.8) is 0 Å². The van der Waals surface area contributed by atoms with Crippen LogP contribution in [0.2, 0.25) is 0 Å². The van der Waals surface area contributed by atoms with E-state index in [0.29, 0.717) is 11.6 Å². The maximum Gasteiger partial charge on any atom is 0.353 e. The molecule has 3 rings (SSSR count). The van der Waals surface area contributed by atoms with Crippen LogP contribution in [-0.4, -0.2) is 46.3 Å². The topological polar surface area (TPSA) is 69.2 Å². The number of piperidine rings is 1. The van der Waals surface area contributed by atoms with E-state index in [2.05, 4.69) is 44.1 Å². The Balaban J connectivity index is 1.83. The first kappa shape index (κ1) is 15.2. The molecule has 116 valence electrons. The van der Waals surface area contributed by atoms with Crippen LogP contribution < -0.4 is 0 Å². The SMILES string of the molecule is CN1CCC(c2ccc(-c3cc(C(=O)O)[nH]n3)cc2Br)CC1. The van der Waals surface area contributed by atoms with Crippen molar-refractivity contribution in [2.45, 2.75) is 18.8 Å². The number of rotatable bonds is 3. The highest BCUT2D eigenvalue weighted by Crippen LogP contribution is 2.35. The van der Waals surface area contributed by atoms with Crippen LogP contribution in [0.4, 0.5) is 0 Å². The van der Waals surface area contributed by atoms with Crippen LogP contribution in [-0.2, 0) is 0 Å². The first-order valence-corrected chi connectivity index (χ1v) is 8.11. The Hall–Kier alpha value is -1.66. The Morgan fingerprint density at radius 1 is 1.36 bits per heavy atom. The van der Waals surface area contributed by atoms with E-state index in [9.17, 15) is 4.79 Å². The van der Waals surface area contributed by atoms with Crippen LogP contribution in [0.5, 0.6) is 0 Å². The van der Waals surface area contributed by atoms with Gasteiger partial charge in [0.25, 0.3) is 0 Å². The molecule has 0 saturated carbocycles. The molecular formula is C16H18BrN3O2. The van der Waals surface area contributed by atoms with Crippen molar-refractivity contribution < 1.29 is 9.90 Å². The van der Waals surface area contributed by atoms with E-state index in [1.54, 1.807) is 6.07 Å². The van der Waals surface area contributed by atoms with Gasteiger partial charge in [0, 0.05) is 10.0 Å². The third-order valence-corrected chi connectivity index (χ3v) is 4.95. The third kappa shape index (κ3) is 3.08. The van der Waals surface area contributed by atoms with E-state index in [0.717, 1.165) is 23.1 Å². The number of nitrogens with zero attached hydrogens (tertiary/aromatic N) is 2. The van der Waals surface area contributed by atoms with Gasteiger partial charge in [-0.3, -0.25) is 5.10 Å². The number of hydrogen-bond acceptors (Lipinski definition) is 3. The maximum absolute atomic E-state index is 10.9. The molecule has 1 saturated heterocycles. The summed E-state index contributed by atoms with van der Waals surface area (Å²) in [5.74, 6) is -0.422. The summed E-state index contributed by atoms with van der Waals surface area (Å²) in [4.78, 5) is 13.3. The van der Waals surface area contributed by atoms with Crippen molar-refractivity contribution in [3.8, 4) is 11.3 Å². The van der Waals surface area contributed by atoms with Gasteiger partial charge in [-0.15, -0.1) is 0 Å². The average Bonchev–Trinajstić information content (AvgIpc) is 2.98. The summed E-state index contributed by atoms with van der Waals surface area (Å²) in [7, 11) is 2.16. The monoisotopic (exact) mass is 363 g/mol. The smallest absolute Gasteiger partial charge is 0.353 e. The first-order chi connectivity index (χ1) is 10.5. The van der Waals surface area contributed by atoms with Crippen LogP contribution in [0, 0.1) is 0 Å². The molecule has 1 aliphatic heterocycles. The van der Waals surface area contributed by atoms with Crippen LogP contribution >= 0.6 is 15.9 Å². The Labute approximate surface area is 137 Å². The first-order valence-electron chi connectivity index (χ1n) is 7.31. The van der Waals surface area contributed by atoms with Crippen LogP contribution in [0.1, 0.15) is 34.8 Å². The summed E-state index contributed by atoms with van der Waals surface area (Å²) in [6, 6.07) is 7.72. The third-order valence-electron chi connectivity index (χ3n) is 4.26. The Kier molecular flexibility index (Phi) is 4.31. The van der Waals surface area contributed by atoms with Gasteiger partial charge in [-0.1, -0.05) is 28.1 Å². The Morgan fingerprint density at radius 2 is 2.09 bits per heavy atom. The lowest BCUT2D eigenvalue weighted by Gasteiger charge is -2.29. The maximum atomic E-state index is 10.9. The molecule has 1 fully saturated rings. The highest BCUT2D eigenvalue weighted by Gasteiger charge is 2.20. The zero-order valence-corrected chi connectivity index (χ0v) is 13.9. The predicted octanol–water partition coefficient (Wildman–Crippen LogP) is 3.35. The van der Waals surface area contributed by atoms with Crippen molar-refractivity contribution in [1.29, 1.82) is 0 Å². The largest absolute Gasteiger partial charge is 0.477 e. The summed E-state index contributed by atoms with van der Waals surface area (Å²) >= 11 is 3.66. The molecule has 0 spiro atoms. The zero-order chi connectivity index (χ0) is 15.7. The molecule has 0 amide bonds. The minimum Gasteiger partial charge on any atom is -0.477 e. The van der Waals surface area contributed by atoms with E-state index in [4.69, 9.17) is 5.11 Å². The summed E-state index contributed by atoms with van der Waals surface area (Å²) in [5.41, 5.74) is 2.98. The van der Waals surface area contributed by atoms with Crippen molar-refractivity contribution >= 4 is 21.9 Å². The van der Waals surface area contributed by atoms with Gasteiger partial charge >= 0.3 is 5.97 Å². The number of aromatic amines is 1.